The first-order valence-corrected chi connectivity index (χ1v) is 7.37. The van der Waals surface area contributed by atoms with E-state index in [1.807, 2.05) is 18.2 Å². The van der Waals surface area contributed by atoms with Crippen molar-refractivity contribution in [2.75, 3.05) is 12.4 Å². The van der Waals surface area contributed by atoms with E-state index < -0.39 is 0 Å². The van der Waals surface area contributed by atoms with Crippen LogP contribution in [0, 0.1) is 0 Å². The molecule has 0 bridgehead atoms. The van der Waals surface area contributed by atoms with Crippen molar-refractivity contribution in [1.82, 2.24) is 0 Å². The van der Waals surface area contributed by atoms with Gasteiger partial charge in [0.15, 0.2) is 0 Å². The topological polar surface area (TPSA) is 21.3 Å². The maximum Gasteiger partial charge on any atom is 0.119 e. The number of anilines is 1. The third-order valence-electron chi connectivity index (χ3n) is 3.54. The van der Waals surface area contributed by atoms with Crippen molar-refractivity contribution in [2.45, 2.75) is 25.3 Å². The van der Waals surface area contributed by atoms with E-state index in [1.54, 1.807) is 7.11 Å². The summed E-state index contributed by atoms with van der Waals surface area (Å²) in [6.45, 7) is 3.86. The standard InChI is InChI=1S/C19H23NO/c1-3-7-17(11-10-16-8-5-4-6-9-16)20-18-12-14-19(21-2)15-13-18/h3-6,8-9,12-15,17,20H,1,7,10-11H2,2H3/t17-/m0/s1. The van der Waals surface area contributed by atoms with Crippen molar-refractivity contribution in [3.63, 3.8) is 0 Å². The molecular formula is C19H23NO. The smallest absolute Gasteiger partial charge is 0.119 e. The molecule has 2 rings (SSSR count). The second kappa shape index (κ2) is 8.15. The van der Waals surface area contributed by atoms with Gasteiger partial charge in [0, 0.05) is 11.7 Å². The lowest BCUT2D eigenvalue weighted by molar-refractivity contribution is 0.415. The lowest BCUT2D eigenvalue weighted by atomic mass is 10.0. The van der Waals surface area contributed by atoms with Crippen LogP contribution in [-0.2, 0) is 6.42 Å². The molecule has 1 atom stereocenters. The third kappa shape index (κ3) is 4.99. The SMILES string of the molecule is C=CC[C@@H](CCc1ccccc1)Nc1ccc(OC)cc1. The molecule has 0 amide bonds. The molecule has 0 aliphatic rings. The molecule has 0 aromatic heterocycles. The first-order chi connectivity index (χ1) is 10.3. The highest BCUT2D eigenvalue weighted by Gasteiger charge is 2.07. The summed E-state index contributed by atoms with van der Waals surface area (Å²) in [7, 11) is 1.68. The average molecular weight is 281 g/mol. The van der Waals surface area contributed by atoms with E-state index in [2.05, 4.69) is 54.4 Å². The normalized spacial score (nSPS) is 11.7. The van der Waals surface area contributed by atoms with Gasteiger partial charge in [-0.2, -0.15) is 0 Å². The highest BCUT2D eigenvalue weighted by Crippen LogP contribution is 2.18. The number of hydrogen-bond acceptors (Lipinski definition) is 2. The zero-order chi connectivity index (χ0) is 14.9. The molecule has 0 aliphatic heterocycles. The molecule has 2 aromatic carbocycles. The Morgan fingerprint density at radius 1 is 1.10 bits per heavy atom. The fraction of sp³-hybridized carbons (Fsp3) is 0.263. The number of methoxy groups -OCH3 is 1. The van der Waals surface area contributed by atoms with Crippen LogP contribution in [0.1, 0.15) is 18.4 Å². The maximum absolute atomic E-state index is 5.18. The molecule has 0 saturated heterocycles. The first-order valence-electron chi connectivity index (χ1n) is 7.37. The van der Waals surface area contributed by atoms with E-state index in [4.69, 9.17) is 4.74 Å². The van der Waals surface area contributed by atoms with Gasteiger partial charge < -0.3 is 10.1 Å². The first kappa shape index (κ1) is 15.2. The van der Waals surface area contributed by atoms with Gasteiger partial charge in [-0.05, 0) is 49.1 Å². The Hall–Kier alpha value is -2.22. The molecule has 2 heteroatoms. The summed E-state index contributed by atoms with van der Waals surface area (Å²) in [5, 5.41) is 3.57. The van der Waals surface area contributed by atoms with Crippen LogP contribution in [0.25, 0.3) is 0 Å². The summed E-state index contributed by atoms with van der Waals surface area (Å²) < 4.78 is 5.18. The summed E-state index contributed by atoms with van der Waals surface area (Å²) in [6.07, 6.45) is 5.09. The molecular weight excluding hydrogens is 258 g/mol. The molecule has 0 saturated carbocycles. The summed E-state index contributed by atoms with van der Waals surface area (Å²) in [5.41, 5.74) is 2.50. The highest BCUT2D eigenvalue weighted by molar-refractivity contribution is 5.47. The number of ether oxygens (including phenoxy) is 1. The fourth-order valence-corrected chi connectivity index (χ4v) is 2.36. The molecule has 0 spiro atoms. The minimum atomic E-state index is 0.399. The van der Waals surface area contributed by atoms with E-state index in [0.29, 0.717) is 6.04 Å². The van der Waals surface area contributed by atoms with Gasteiger partial charge in [0.1, 0.15) is 5.75 Å². The van der Waals surface area contributed by atoms with Gasteiger partial charge in [-0.1, -0.05) is 36.4 Å². The summed E-state index contributed by atoms with van der Waals surface area (Å²) in [5.74, 6) is 0.880. The van der Waals surface area contributed by atoms with Crippen molar-refractivity contribution in [2.24, 2.45) is 0 Å². The molecule has 0 fully saturated rings. The largest absolute Gasteiger partial charge is 0.497 e. The Labute approximate surface area is 127 Å². The summed E-state index contributed by atoms with van der Waals surface area (Å²) in [4.78, 5) is 0. The molecule has 0 radical (unpaired) electrons. The minimum Gasteiger partial charge on any atom is -0.497 e. The van der Waals surface area contributed by atoms with Crippen LogP contribution in [0.5, 0.6) is 5.75 Å². The zero-order valence-corrected chi connectivity index (χ0v) is 12.6. The van der Waals surface area contributed by atoms with Crippen LogP contribution < -0.4 is 10.1 Å². The van der Waals surface area contributed by atoms with Crippen LogP contribution in [-0.4, -0.2) is 13.2 Å². The van der Waals surface area contributed by atoms with Gasteiger partial charge in [-0.3, -0.25) is 0 Å². The summed E-state index contributed by atoms with van der Waals surface area (Å²) >= 11 is 0. The molecule has 110 valence electrons. The molecule has 21 heavy (non-hydrogen) atoms. The number of benzene rings is 2. The van der Waals surface area contributed by atoms with Gasteiger partial charge in [0.25, 0.3) is 0 Å². The van der Waals surface area contributed by atoms with Crippen LogP contribution in [0.15, 0.2) is 67.3 Å². The molecule has 2 nitrogen and oxygen atoms in total. The van der Waals surface area contributed by atoms with Crippen LogP contribution >= 0.6 is 0 Å². The van der Waals surface area contributed by atoms with Crippen molar-refractivity contribution in [1.29, 1.82) is 0 Å². The van der Waals surface area contributed by atoms with Crippen LogP contribution in [0.4, 0.5) is 5.69 Å². The van der Waals surface area contributed by atoms with Crippen molar-refractivity contribution in [3.05, 3.63) is 72.8 Å². The molecule has 0 aliphatic carbocycles. The Morgan fingerprint density at radius 3 is 2.43 bits per heavy atom. The number of nitrogens with one attached hydrogen (secondary N) is 1. The fourth-order valence-electron chi connectivity index (χ4n) is 2.36. The second-order valence-corrected chi connectivity index (χ2v) is 5.12. The average Bonchev–Trinajstić information content (AvgIpc) is 2.54. The Morgan fingerprint density at radius 2 is 1.81 bits per heavy atom. The second-order valence-electron chi connectivity index (χ2n) is 5.12. The summed E-state index contributed by atoms with van der Waals surface area (Å²) in [6, 6.07) is 19.1. The quantitative estimate of drug-likeness (QED) is 0.709. The predicted molar refractivity (Wildman–Crippen MR) is 90.0 cm³/mol. The Balaban J connectivity index is 1.93. The molecule has 1 N–H and O–H groups in total. The highest BCUT2D eigenvalue weighted by atomic mass is 16.5. The van der Waals surface area contributed by atoms with Gasteiger partial charge in [-0.15, -0.1) is 6.58 Å². The number of aryl methyl sites for hydroxylation is 1. The molecule has 0 heterocycles. The molecule has 2 aromatic rings. The van der Waals surface area contributed by atoms with Gasteiger partial charge in [0.2, 0.25) is 0 Å². The van der Waals surface area contributed by atoms with E-state index in [0.717, 1.165) is 30.7 Å². The monoisotopic (exact) mass is 281 g/mol. The van der Waals surface area contributed by atoms with E-state index in [9.17, 15) is 0 Å². The number of hydrogen-bond donors (Lipinski definition) is 1. The lowest BCUT2D eigenvalue weighted by Gasteiger charge is -2.19. The third-order valence-corrected chi connectivity index (χ3v) is 3.54. The van der Waals surface area contributed by atoms with Crippen LogP contribution in [0.3, 0.4) is 0 Å². The van der Waals surface area contributed by atoms with Crippen molar-refractivity contribution < 1.29 is 4.74 Å². The van der Waals surface area contributed by atoms with Crippen molar-refractivity contribution >= 4 is 5.69 Å². The van der Waals surface area contributed by atoms with Crippen molar-refractivity contribution in [3.8, 4) is 5.75 Å². The Kier molecular flexibility index (Phi) is 5.89. The van der Waals surface area contributed by atoms with E-state index >= 15 is 0 Å². The minimum absolute atomic E-state index is 0.399. The van der Waals surface area contributed by atoms with Gasteiger partial charge in [0.05, 0.1) is 7.11 Å². The van der Waals surface area contributed by atoms with Crippen LogP contribution in [0.2, 0.25) is 0 Å². The van der Waals surface area contributed by atoms with Gasteiger partial charge in [-0.25, -0.2) is 0 Å². The Bertz CT molecular complexity index is 533. The zero-order valence-electron chi connectivity index (χ0n) is 12.6. The maximum atomic E-state index is 5.18. The van der Waals surface area contributed by atoms with Gasteiger partial charge >= 0.3 is 0 Å². The lowest BCUT2D eigenvalue weighted by Crippen LogP contribution is -2.19. The predicted octanol–water partition coefficient (Wildman–Crippen LogP) is 4.68. The van der Waals surface area contributed by atoms with E-state index in [-0.39, 0.29) is 0 Å². The van der Waals surface area contributed by atoms with E-state index in [1.165, 1.54) is 5.56 Å². The number of rotatable bonds is 8. The molecule has 0 unspecified atom stereocenters.